The van der Waals surface area contributed by atoms with Gasteiger partial charge in [0.1, 0.15) is 17.1 Å². The number of nitro groups is 1. The lowest BCUT2D eigenvalue weighted by atomic mass is 9.96. The van der Waals surface area contributed by atoms with Gasteiger partial charge in [-0.3, -0.25) is 10.1 Å². The van der Waals surface area contributed by atoms with E-state index in [4.69, 9.17) is 10.5 Å². The Morgan fingerprint density at radius 1 is 1.29 bits per heavy atom. The minimum Gasteiger partial charge on any atom is -0.393 e. The van der Waals surface area contributed by atoms with Crippen LogP contribution in [0.2, 0.25) is 0 Å². The topological polar surface area (TPSA) is 124 Å². The Morgan fingerprint density at radius 3 is 2.54 bits per heavy atom. The Morgan fingerprint density at radius 2 is 1.96 bits per heavy atom. The van der Waals surface area contributed by atoms with Gasteiger partial charge in [0.05, 0.1) is 11.0 Å². The van der Waals surface area contributed by atoms with Crippen LogP contribution in [0.1, 0.15) is 56.0 Å². The second-order valence-electron chi connectivity index (χ2n) is 7.38. The van der Waals surface area contributed by atoms with Gasteiger partial charge in [0.15, 0.2) is 5.82 Å². The average molecular weight is 388 g/mol. The number of benzene rings is 1. The van der Waals surface area contributed by atoms with Crippen molar-refractivity contribution in [1.29, 1.82) is 0 Å². The molecule has 0 unspecified atom stereocenters. The zero-order chi connectivity index (χ0) is 19.9. The van der Waals surface area contributed by atoms with Crippen LogP contribution in [0, 0.1) is 15.9 Å². The third kappa shape index (κ3) is 3.10. The highest BCUT2D eigenvalue weighted by Gasteiger charge is 2.36. The van der Waals surface area contributed by atoms with E-state index in [0.717, 1.165) is 25.3 Å². The van der Waals surface area contributed by atoms with E-state index in [1.165, 1.54) is 12.4 Å². The van der Waals surface area contributed by atoms with Crippen molar-refractivity contribution in [2.45, 2.75) is 50.2 Å². The van der Waals surface area contributed by atoms with Crippen LogP contribution in [0.4, 0.5) is 15.8 Å². The first kappa shape index (κ1) is 18.7. The largest absolute Gasteiger partial charge is 0.393 e. The van der Waals surface area contributed by atoms with Crippen LogP contribution in [0.5, 0.6) is 0 Å². The summed E-state index contributed by atoms with van der Waals surface area (Å²) in [5.74, 6) is -0.371. The fraction of sp³-hybridized carbons (Fsp3) is 0.474. The highest BCUT2D eigenvalue weighted by atomic mass is 19.1. The molecule has 1 aromatic carbocycles. The van der Waals surface area contributed by atoms with Gasteiger partial charge in [-0.15, -0.1) is 0 Å². The monoisotopic (exact) mass is 388 g/mol. The number of hydrogen-bond donors (Lipinski definition) is 2. The summed E-state index contributed by atoms with van der Waals surface area (Å²) >= 11 is 0. The van der Waals surface area contributed by atoms with Gasteiger partial charge in [-0.25, -0.2) is 14.4 Å². The van der Waals surface area contributed by atoms with Crippen molar-refractivity contribution in [2.24, 2.45) is 0 Å². The molecule has 8 nitrogen and oxygen atoms in total. The number of nitrogen functional groups attached to an aromatic ring is 1. The van der Waals surface area contributed by atoms with Gasteiger partial charge in [0.25, 0.3) is 5.69 Å². The molecule has 4 rings (SSSR count). The number of anilines is 1. The predicted molar refractivity (Wildman–Crippen MR) is 98.8 cm³/mol. The molecule has 2 heterocycles. The van der Waals surface area contributed by atoms with E-state index in [-0.39, 0.29) is 28.1 Å². The molecule has 9 heteroatoms. The number of aliphatic hydroxyl groups is 1. The Balaban J connectivity index is 1.79. The Hall–Kier alpha value is -2.65. The zero-order valence-corrected chi connectivity index (χ0v) is 15.2. The van der Waals surface area contributed by atoms with Crippen molar-refractivity contribution < 1.29 is 19.2 Å². The third-order valence-corrected chi connectivity index (χ3v) is 5.58. The number of nitrogens with two attached hydrogens (primary N) is 1. The van der Waals surface area contributed by atoms with E-state index in [2.05, 4.69) is 9.97 Å². The van der Waals surface area contributed by atoms with Crippen LogP contribution >= 0.6 is 0 Å². The standard InChI is InChI=1S/C19H21FN4O4/c20-16-12(11-9-22-18(23-10-11)19(25)5-1-2-6-19)8-13(24(26)27)17(21)15(16)14-4-3-7-28-14/h8-10,14,25H,1-7,21H2/t14-/m1/s1. The first-order valence-corrected chi connectivity index (χ1v) is 9.34. The second kappa shape index (κ2) is 7.06. The Labute approximate surface area is 160 Å². The van der Waals surface area contributed by atoms with Crippen LogP contribution in [0.3, 0.4) is 0 Å². The van der Waals surface area contributed by atoms with Crippen molar-refractivity contribution in [3.63, 3.8) is 0 Å². The summed E-state index contributed by atoms with van der Waals surface area (Å²) in [6.07, 6.45) is 6.39. The second-order valence-corrected chi connectivity index (χ2v) is 7.38. The highest BCUT2D eigenvalue weighted by Crippen LogP contribution is 2.43. The zero-order valence-electron chi connectivity index (χ0n) is 15.2. The minimum absolute atomic E-state index is 0.00337. The number of halogens is 1. The number of aromatic nitrogens is 2. The van der Waals surface area contributed by atoms with E-state index in [1.54, 1.807) is 0 Å². The summed E-state index contributed by atoms with van der Waals surface area (Å²) in [7, 11) is 0. The number of nitro benzene ring substituents is 1. The lowest BCUT2D eigenvalue weighted by Crippen LogP contribution is -2.24. The van der Waals surface area contributed by atoms with E-state index < -0.39 is 22.4 Å². The summed E-state index contributed by atoms with van der Waals surface area (Å²) in [6, 6.07) is 1.10. The minimum atomic E-state index is -1.06. The summed E-state index contributed by atoms with van der Waals surface area (Å²) in [6.45, 7) is 0.456. The summed E-state index contributed by atoms with van der Waals surface area (Å²) in [4.78, 5) is 19.2. The number of rotatable bonds is 4. The summed E-state index contributed by atoms with van der Waals surface area (Å²) in [5.41, 5.74) is 4.55. The van der Waals surface area contributed by atoms with Gasteiger partial charge in [0, 0.05) is 41.8 Å². The first-order valence-electron chi connectivity index (χ1n) is 9.34. The third-order valence-electron chi connectivity index (χ3n) is 5.58. The summed E-state index contributed by atoms with van der Waals surface area (Å²) < 4.78 is 20.8. The quantitative estimate of drug-likeness (QED) is 0.467. The van der Waals surface area contributed by atoms with Gasteiger partial charge < -0.3 is 15.6 Å². The van der Waals surface area contributed by atoms with Crippen LogP contribution in [-0.2, 0) is 10.3 Å². The molecule has 2 aromatic rings. The fourth-order valence-corrected chi connectivity index (χ4v) is 4.05. The molecule has 1 aliphatic carbocycles. The number of nitrogens with zero attached hydrogens (tertiary/aromatic N) is 3. The van der Waals surface area contributed by atoms with Crippen LogP contribution in [0.15, 0.2) is 18.5 Å². The molecule has 28 heavy (non-hydrogen) atoms. The molecule has 0 radical (unpaired) electrons. The van der Waals surface area contributed by atoms with Gasteiger partial charge >= 0.3 is 0 Å². The lowest BCUT2D eigenvalue weighted by molar-refractivity contribution is -0.384. The molecule has 1 saturated heterocycles. The van der Waals surface area contributed by atoms with Crippen molar-refractivity contribution >= 4 is 11.4 Å². The Kier molecular flexibility index (Phi) is 4.72. The van der Waals surface area contributed by atoms with E-state index in [9.17, 15) is 15.2 Å². The molecule has 0 bridgehead atoms. The smallest absolute Gasteiger partial charge is 0.293 e. The van der Waals surface area contributed by atoms with Gasteiger partial charge in [-0.2, -0.15) is 0 Å². The summed E-state index contributed by atoms with van der Waals surface area (Å²) in [5, 5.41) is 22.1. The normalized spacial score (nSPS) is 21.1. The van der Waals surface area contributed by atoms with Crippen LogP contribution in [0.25, 0.3) is 11.1 Å². The molecule has 148 valence electrons. The number of hydrogen-bond acceptors (Lipinski definition) is 7. The van der Waals surface area contributed by atoms with E-state index in [1.807, 2.05) is 0 Å². The molecule has 2 aliphatic rings. The van der Waals surface area contributed by atoms with Crippen molar-refractivity contribution in [3.8, 4) is 11.1 Å². The molecular formula is C19H21FN4O4. The fourth-order valence-electron chi connectivity index (χ4n) is 4.05. The highest BCUT2D eigenvalue weighted by molar-refractivity contribution is 5.76. The molecule has 3 N–H and O–H groups in total. The maximum atomic E-state index is 15.3. The number of ether oxygens (including phenoxy) is 1. The van der Waals surface area contributed by atoms with Gasteiger partial charge in [0.2, 0.25) is 0 Å². The maximum Gasteiger partial charge on any atom is 0.293 e. The average Bonchev–Trinajstić information content (AvgIpc) is 3.35. The molecular weight excluding hydrogens is 367 g/mol. The van der Waals surface area contributed by atoms with Gasteiger partial charge in [-0.1, -0.05) is 0 Å². The Bertz CT molecular complexity index is 907. The van der Waals surface area contributed by atoms with E-state index in [0.29, 0.717) is 31.7 Å². The van der Waals surface area contributed by atoms with E-state index >= 15 is 4.39 Å². The van der Waals surface area contributed by atoms with Gasteiger partial charge in [-0.05, 0) is 38.5 Å². The van der Waals surface area contributed by atoms with Crippen molar-refractivity contribution in [3.05, 3.63) is 45.8 Å². The van der Waals surface area contributed by atoms with Crippen LogP contribution < -0.4 is 5.73 Å². The predicted octanol–water partition coefficient (Wildman–Crippen LogP) is 3.39. The molecule has 1 saturated carbocycles. The lowest BCUT2D eigenvalue weighted by Gasteiger charge is -2.20. The SMILES string of the molecule is Nc1c([N+](=O)[O-])cc(-c2cnc(C3(O)CCCC3)nc2)c(F)c1[C@H]1CCCO1. The molecule has 1 atom stereocenters. The first-order chi connectivity index (χ1) is 13.4. The molecule has 2 fully saturated rings. The molecule has 1 aromatic heterocycles. The maximum absolute atomic E-state index is 15.3. The van der Waals surface area contributed by atoms with Crippen molar-refractivity contribution in [1.82, 2.24) is 9.97 Å². The van der Waals surface area contributed by atoms with Crippen molar-refractivity contribution in [2.75, 3.05) is 12.3 Å². The molecule has 0 amide bonds. The van der Waals surface area contributed by atoms with Crippen LogP contribution in [-0.4, -0.2) is 26.6 Å². The molecule has 1 aliphatic heterocycles. The molecule has 0 spiro atoms.